The Morgan fingerprint density at radius 1 is 1.28 bits per heavy atom. The van der Waals surface area contributed by atoms with E-state index in [1.165, 1.54) is 18.3 Å². The zero-order valence-corrected chi connectivity index (χ0v) is 10.3. The number of H-pyrrole nitrogens is 1. The molecule has 0 aliphatic heterocycles. The molecule has 0 spiro atoms. The Hall–Kier alpha value is -1.91. The van der Waals surface area contributed by atoms with E-state index in [4.69, 9.17) is 0 Å². The number of amides is 1. The summed E-state index contributed by atoms with van der Waals surface area (Å²) in [5, 5.41) is 0. The molecular weight excluding hydrogens is 232 g/mol. The van der Waals surface area contributed by atoms with Gasteiger partial charge in [0.1, 0.15) is 5.78 Å². The van der Waals surface area contributed by atoms with Gasteiger partial charge in [0.05, 0.1) is 5.56 Å². The highest BCUT2D eigenvalue weighted by Crippen LogP contribution is 2.20. The normalized spacial score (nSPS) is 16.6. The number of aromatic amines is 1. The zero-order chi connectivity index (χ0) is 13.1. The van der Waals surface area contributed by atoms with Crippen LogP contribution in [-0.2, 0) is 4.79 Å². The molecule has 0 bridgehead atoms. The Kier molecular flexibility index (Phi) is 3.60. The van der Waals surface area contributed by atoms with Crippen molar-refractivity contribution in [3.63, 3.8) is 0 Å². The minimum atomic E-state index is -0.225. The molecule has 2 rings (SSSR count). The maximum atomic E-state index is 12.2. The molecule has 1 aromatic rings. The number of ketones is 1. The van der Waals surface area contributed by atoms with Crippen LogP contribution in [0.3, 0.4) is 0 Å². The summed E-state index contributed by atoms with van der Waals surface area (Å²) >= 11 is 0. The second-order valence-electron chi connectivity index (χ2n) is 4.63. The first-order valence-corrected chi connectivity index (χ1v) is 6.05. The summed E-state index contributed by atoms with van der Waals surface area (Å²) in [6.45, 7) is 0. The van der Waals surface area contributed by atoms with Gasteiger partial charge in [0.15, 0.2) is 0 Å². The van der Waals surface area contributed by atoms with Gasteiger partial charge in [0, 0.05) is 38.2 Å². The predicted octanol–water partition coefficient (Wildman–Crippen LogP) is 0.959. The van der Waals surface area contributed by atoms with E-state index in [1.54, 1.807) is 11.9 Å². The highest BCUT2D eigenvalue weighted by atomic mass is 16.2. The van der Waals surface area contributed by atoms with Crippen LogP contribution in [0.2, 0.25) is 0 Å². The van der Waals surface area contributed by atoms with Crippen LogP contribution in [-0.4, -0.2) is 34.7 Å². The quantitative estimate of drug-likeness (QED) is 0.847. The van der Waals surface area contributed by atoms with Crippen LogP contribution in [0.1, 0.15) is 36.0 Å². The maximum Gasteiger partial charge on any atom is 0.255 e. The molecule has 0 unspecified atom stereocenters. The standard InChI is InChI=1S/C13H16N2O3/c1-15(10-3-5-11(16)6-4-10)13(18)9-2-7-12(17)14-8-9/h2,7-8,10H,3-6H2,1H3,(H,14,17). The minimum absolute atomic E-state index is 0.113. The van der Waals surface area contributed by atoms with Crippen molar-refractivity contribution in [3.8, 4) is 0 Å². The fourth-order valence-corrected chi connectivity index (χ4v) is 2.22. The molecule has 1 aliphatic carbocycles. The van der Waals surface area contributed by atoms with Crippen molar-refractivity contribution in [2.24, 2.45) is 0 Å². The lowest BCUT2D eigenvalue weighted by Gasteiger charge is -2.30. The van der Waals surface area contributed by atoms with Crippen LogP contribution in [0, 0.1) is 0 Å². The van der Waals surface area contributed by atoms with E-state index < -0.39 is 0 Å². The molecule has 0 atom stereocenters. The van der Waals surface area contributed by atoms with Crippen molar-refractivity contribution in [1.82, 2.24) is 9.88 Å². The number of nitrogens with zero attached hydrogens (tertiary/aromatic N) is 1. The molecule has 0 aromatic carbocycles. The van der Waals surface area contributed by atoms with Gasteiger partial charge in [0.25, 0.3) is 5.91 Å². The van der Waals surface area contributed by atoms with Crippen LogP contribution >= 0.6 is 0 Å². The van der Waals surface area contributed by atoms with E-state index in [2.05, 4.69) is 4.98 Å². The summed E-state index contributed by atoms with van der Waals surface area (Å²) in [4.78, 5) is 38.4. The third kappa shape index (κ3) is 2.67. The fourth-order valence-electron chi connectivity index (χ4n) is 2.22. The molecule has 0 saturated heterocycles. The molecule has 5 nitrogen and oxygen atoms in total. The maximum absolute atomic E-state index is 12.2. The SMILES string of the molecule is CN(C(=O)c1ccc(=O)[nH]c1)C1CCC(=O)CC1. The number of hydrogen-bond acceptors (Lipinski definition) is 3. The summed E-state index contributed by atoms with van der Waals surface area (Å²) in [6.07, 6.45) is 3.98. The van der Waals surface area contributed by atoms with Gasteiger partial charge in [-0.3, -0.25) is 14.4 Å². The van der Waals surface area contributed by atoms with Crippen LogP contribution in [0.4, 0.5) is 0 Å². The molecule has 1 aliphatic rings. The van der Waals surface area contributed by atoms with Crippen molar-refractivity contribution in [3.05, 3.63) is 34.2 Å². The Morgan fingerprint density at radius 3 is 2.50 bits per heavy atom. The highest BCUT2D eigenvalue weighted by molar-refractivity contribution is 5.94. The van der Waals surface area contributed by atoms with E-state index in [-0.39, 0.29) is 23.3 Å². The lowest BCUT2D eigenvalue weighted by atomic mass is 9.93. The van der Waals surface area contributed by atoms with Gasteiger partial charge in [0.2, 0.25) is 5.56 Å². The highest BCUT2D eigenvalue weighted by Gasteiger charge is 2.25. The van der Waals surface area contributed by atoms with Crippen molar-refractivity contribution >= 4 is 11.7 Å². The lowest BCUT2D eigenvalue weighted by molar-refractivity contribution is -0.121. The summed E-state index contributed by atoms with van der Waals surface area (Å²) in [5.74, 6) is 0.154. The van der Waals surface area contributed by atoms with Crippen LogP contribution in [0.25, 0.3) is 0 Å². The smallest absolute Gasteiger partial charge is 0.255 e. The summed E-state index contributed by atoms with van der Waals surface area (Å²) < 4.78 is 0. The van der Waals surface area contributed by atoms with E-state index in [9.17, 15) is 14.4 Å². The molecule has 18 heavy (non-hydrogen) atoms. The molecule has 5 heteroatoms. The van der Waals surface area contributed by atoms with Crippen LogP contribution in [0.5, 0.6) is 0 Å². The monoisotopic (exact) mass is 248 g/mol. The van der Waals surface area contributed by atoms with Gasteiger partial charge in [-0.15, -0.1) is 0 Å². The van der Waals surface area contributed by atoms with Crippen molar-refractivity contribution in [2.75, 3.05) is 7.05 Å². The third-order valence-corrected chi connectivity index (χ3v) is 3.41. The lowest BCUT2D eigenvalue weighted by Crippen LogP contribution is -2.39. The van der Waals surface area contributed by atoms with Gasteiger partial charge in [-0.2, -0.15) is 0 Å². The molecule has 0 radical (unpaired) electrons. The molecule has 96 valence electrons. The molecule has 1 heterocycles. The van der Waals surface area contributed by atoms with Crippen LogP contribution in [0.15, 0.2) is 23.1 Å². The summed E-state index contributed by atoms with van der Waals surface area (Å²) in [5.41, 5.74) is 0.242. The fraction of sp³-hybridized carbons (Fsp3) is 0.462. The first-order valence-electron chi connectivity index (χ1n) is 6.05. The minimum Gasteiger partial charge on any atom is -0.339 e. The van der Waals surface area contributed by atoms with E-state index in [1.807, 2.05) is 0 Å². The first-order chi connectivity index (χ1) is 8.58. The molecule has 1 fully saturated rings. The Bertz CT molecular complexity index is 491. The van der Waals surface area contributed by atoms with Gasteiger partial charge < -0.3 is 9.88 Å². The average Bonchev–Trinajstić information content (AvgIpc) is 2.39. The predicted molar refractivity (Wildman–Crippen MR) is 66.4 cm³/mol. The third-order valence-electron chi connectivity index (χ3n) is 3.41. The topological polar surface area (TPSA) is 70.2 Å². The van der Waals surface area contributed by atoms with Gasteiger partial charge in [-0.05, 0) is 18.9 Å². The van der Waals surface area contributed by atoms with Gasteiger partial charge >= 0.3 is 0 Å². The number of carbonyl (C=O) groups excluding carboxylic acids is 2. The molecule has 1 N–H and O–H groups in total. The van der Waals surface area contributed by atoms with E-state index in [0.717, 1.165) is 12.8 Å². The van der Waals surface area contributed by atoms with E-state index in [0.29, 0.717) is 18.4 Å². The zero-order valence-electron chi connectivity index (χ0n) is 10.3. The van der Waals surface area contributed by atoms with Crippen molar-refractivity contribution < 1.29 is 9.59 Å². The van der Waals surface area contributed by atoms with E-state index >= 15 is 0 Å². The summed E-state index contributed by atoms with van der Waals surface area (Å²) in [7, 11) is 1.74. The number of nitrogens with one attached hydrogen (secondary N) is 1. The Balaban J connectivity index is 2.06. The number of pyridine rings is 1. The number of rotatable bonds is 2. The first kappa shape index (κ1) is 12.5. The summed E-state index contributed by atoms with van der Waals surface area (Å²) in [6, 6.07) is 2.97. The van der Waals surface area contributed by atoms with Gasteiger partial charge in [-0.1, -0.05) is 0 Å². The van der Waals surface area contributed by atoms with Crippen molar-refractivity contribution in [1.29, 1.82) is 0 Å². The molecule has 1 saturated carbocycles. The second-order valence-corrected chi connectivity index (χ2v) is 4.63. The molecule has 1 aromatic heterocycles. The number of Topliss-reactive ketones (excluding diaryl/α,β-unsaturated/α-hetero) is 1. The largest absolute Gasteiger partial charge is 0.339 e. The number of carbonyl (C=O) groups is 2. The molecular formula is C13H16N2O3. The molecule has 1 amide bonds. The van der Waals surface area contributed by atoms with Crippen LogP contribution < -0.4 is 5.56 Å². The average molecular weight is 248 g/mol. The number of aromatic nitrogens is 1. The number of hydrogen-bond donors (Lipinski definition) is 1. The van der Waals surface area contributed by atoms with Crippen molar-refractivity contribution in [2.45, 2.75) is 31.7 Å². The Morgan fingerprint density at radius 2 is 1.94 bits per heavy atom. The second kappa shape index (κ2) is 5.16. The Labute approximate surface area is 105 Å². The van der Waals surface area contributed by atoms with Gasteiger partial charge in [-0.25, -0.2) is 0 Å².